The molecule has 2 aliphatic rings. The molecule has 2 aliphatic heterocycles. The number of alkyl halides is 3. The lowest BCUT2D eigenvalue weighted by Crippen LogP contribution is -2.48. The summed E-state index contributed by atoms with van der Waals surface area (Å²) in [7, 11) is 0. The van der Waals surface area contributed by atoms with Crippen molar-refractivity contribution in [2.24, 2.45) is 0 Å². The second-order valence-electron chi connectivity index (χ2n) is 11.2. The Morgan fingerprint density at radius 2 is 1.86 bits per heavy atom. The summed E-state index contributed by atoms with van der Waals surface area (Å²) in [4.78, 5) is 36.4. The van der Waals surface area contributed by atoms with E-state index in [0.29, 0.717) is 49.9 Å². The smallest absolute Gasteiger partial charge is 0.419 e. The van der Waals surface area contributed by atoms with Crippen LogP contribution in [0.15, 0.2) is 42.6 Å². The number of aryl methyl sites for hydroxylation is 2. The van der Waals surface area contributed by atoms with Crippen molar-refractivity contribution in [1.29, 1.82) is 0 Å². The first-order chi connectivity index (χ1) is 20.4. The Bertz CT molecular complexity index is 1530. The molecule has 1 saturated heterocycles. The van der Waals surface area contributed by atoms with E-state index in [-0.39, 0.29) is 36.3 Å². The lowest BCUT2D eigenvalue weighted by molar-refractivity contribution is -0.138. The number of rotatable bonds is 8. The van der Waals surface area contributed by atoms with Gasteiger partial charge >= 0.3 is 6.18 Å². The minimum atomic E-state index is -4.63. The predicted octanol–water partition coefficient (Wildman–Crippen LogP) is 5.32. The molecule has 9 nitrogen and oxygen atoms in total. The SMILES string of the molecule is CCOc1cc(N2CCN(C(C)=O)CC2)ccc1Nc1ncc(C(F)(F)F)c(CCc2cccc3c2C(C)(C)C(=O)N3)n1. The third-order valence-electron chi connectivity index (χ3n) is 8.00. The quantitative estimate of drug-likeness (QED) is 0.363. The summed E-state index contributed by atoms with van der Waals surface area (Å²) in [6.45, 7) is 9.99. The Hall–Kier alpha value is -4.35. The average molecular weight is 597 g/mol. The van der Waals surface area contributed by atoms with Gasteiger partial charge in [0.1, 0.15) is 5.75 Å². The zero-order valence-corrected chi connectivity index (χ0v) is 24.6. The van der Waals surface area contributed by atoms with Crippen LogP contribution in [-0.2, 0) is 34.0 Å². The third kappa shape index (κ3) is 6.23. The van der Waals surface area contributed by atoms with Gasteiger partial charge in [0.15, 0.2) is 0 Å². The summed E-state index contributed by atoms with van der Waals surface area (Å²) < 4.78 is 47.8. The molecule has 228 valence electrons. The minimum Gasteiger partial charge on any atom is -0.492 e. The van der Waals surface area contributed by atoms with E-state index in [1.807, 2.05) is 25.1 Å². The maximum absolute atomic E-state index is 14.0. The number of carbonyl (C=O) groups excluding carboxylic acids is 2. The van der Waals surface area contributed by atoms with Crippen LogP contribution in [0.5, 0.6) is 5.75 Å². The van der Waals surface area contributed by atoms with Crippen LogP contribution < -0.4 is 20.3 Å². The van der Waals surface area contributed by atoms with Gasteiger partial charge in [-0.25, -0.2) is 9.97 Å². The number of fused-ring (bicyclic) bond motifs is 1. The predicted molar refractivity (Wildman–Crippen MR) is 158 cm³/mol. The number of piperazine rings is 1. The Labute approximate surface area is 248 Å². The lowest BCUT2D eigenvalue weighted by atomic mass is 9.82. The Balaban J connectivity index is 1.39. The Kier molecular flexibility index (Phi) is 8.22. The molecule has 2 N–H and O–H groups in total. The molecule has 5 rings (SSSR count). The highest BCUT2D eigenvalue weighted by Gasteiger charge is 2.40. The van der Waals surface area contributed by atoms with E-state index < -0.39 is 17.2 Å². The van der Waals surface area contributed by atoms with Crippen molar-refractivity contribution < 1.29 is 27.5 Å². The van der Waals surface area contributed by atoms with Gasteiger partial charge in [0.25, 0.3) is 0 Å². The van der Waals surface area contributed by atoms with E-state index >= 15 is 0 Å². The van der Waals surface area contributed by atoms with Crippen molar-refractivity contribution in [3.8, 4) is 5.75 Å². The number of hydrogen-bond acceptors (Lipinski definition) is 7. The molecule has 0 spiro atoms. The molecule has 2 amide bonds. The Morgan fingerprint density at radius 3 is 2.53 bits per heavy atom. The zero-order valence-electron chi connectivity index (χ0n) is 24.6. The fourth-order valence-electron chi connectivity index (χ4n) is 5.69. The van der Waals surface area contributed by atoms with Crippen LogP contribution in [0.1, 0.15) is 50.1 Å². The van der Waals surface area contributed by atoms with E-state index in [1.165, 1.54) is 0 Å². The number of nitrogens with one attached hydrogen (secondary N) is 2. The number of aromatic nitrogens is 2. The molecular weight excluding hydrogens is 561 g/mol. The highest BCUT2D eigenvalue weighted by molar-refractivity contribution is 6.06. The first-order valence-electron chi connectivity index (χ1n) is 14.3. The van der Waals surface area contributed by atoms with Gasteiger partial charge in [0, 0.05) is 56.7 Å². The van der Waals surface area contributed by atoms with Gasteiger partial charge in [0.2, 0.25) is 17.8 Å². The second-order valence-corrected chi connectivity index (χ2v) is 11.2. The lowest BCUT2D eigenvalue weighted by Gasteiger charge is -2.35. The number of nitrogens with zero attached hydrogens (tertiary/aromatic N) is 4. The third-order valence-corrected chi connectivity index (χ3v) is 8.00. The molecule has 12 heteroatoms. The largest absolute Gasteiger partial charge is 0.492 e. The molecule has 0 atom stereocenters. The van der Waals surface area contributed by atoms with Gasteiger partial charge in [-0.05, 0) is 62.9 Å². The van der Waals surface area contributed by atoms with Crippen LogP contribution in [0, 0.1) is 0 Å². The van der Waals surface area contributed by atoms with Gasteiger partial charge < -0.3 is 25.2 Å². The number of halogens is 3. The van der Waals surface area contributed by atoms with Gasteiger partial charge in [-0.1, -0.05) is 12.1 Å². The monoisotopic (exact) mass is 596 g/mol. The number of ether oxygens (including phenoxy) is 1. The molecule has 0 unspecified atom stereocenters. The van der Waals surface area contributed by atoms with Crippen molar-refractivity contribution in [3.63, 3.8) is 0 Å². The summed E-state index contributed by atoms with van der Waals surface area (Å²) in [6, 6.07) is 11.0. The maximum atomic E-state index is 14.0. The Morgan fingerprint density at radius 1 is 1.12 bits per heavy atom. The normalized spacial score (nSPS) is 16.1. The van der Waals surface area contributed by atoms with Crippen LogP contribution in [0.4, 0.5) is 36.2 Å². The average Bonchev–Trinajstić information content (AvgIpc) is 3.20. The summed E-state index contributed by atoms with van der Waals surface area (Å²) in [5, 5.41) is 5.91. The van der Waals surface area contributed by atoms with Crippen molar-refractivity contribution >= 4 is 34.8 Å². The molecule has 3 aromatic rings. The fourth-order valence-corrected chi connectivity index (χ4v) is 5.69. The molecule has 1 aromatic heterocycles. The topological polar surface area (TPSA) is 99.7 Å². The van der Waals surface area contributed by atoms with Crippen molar-refractivity contribution in [2.75, 3.05) is 48.3 Å². The second kappa shape index (κ2) is 11.7. The zero-order chi connectivity index (χ0) is 30.9. The number of carbonyl (C=O) groups is 2. The van der Waals surface area contributed by atoms with Crippen LogP contribution in [0.25, 0.3) is 0 Å². The summed E-state index contributed by atoms with van der Waals surface area (Å²) in [6.07, 6.45) is -3.57. The molecule has 1 fully saturated rings. The highest BCUT2D eigenvalue weighted by Crippen LogP contribution is 2.40. The number of anilines is 4. The van der Waals surface area contributed by atoms with Gasteiger partial charge in [-0.3, -0.25) is 9.59 Å². The maximum Gasteiger partial charge on any atom is 0.419 e. The molecule has 0 bridgehead atoms. The van der Waals surface area contributed by atoms with Gasteiger partial charge in [-0.2, -0.15) is 13.2 Å². The van der Waals surface area contributed by atoms with Crippen molar-refractivity contribution in [1.82, 2.24) is 14.9 Å². The van der Waals surface area contributed by atoms with Crippen molar-refractivity contribution in [2.45, 2.75) is 52.1 Å². The van der Waals surface area contributed by atoms with E-state index in [9.17, 15) is 22.8 Å². The first-order valence-corrected chi connectivity index (χ1v) is 14.3. The summed E-state index contributed by atoms with van der Waals surface area (Å²) in [5.41, 5.74) is 1.87. The molecular formula is C31H35F3N6O3. The van der Waals surface area contributed by atoms with Crippen LogP contribution in [0.2, 0.25) is 0 Å². The molecule has 2 aromatic carbocycles. The molecule has 3 heterocycles. The summed E-state index contributed by atoms with van der Waals surface area (Å²) in [5.74, 6) is 0.433. The standard InChI is InChI=1S/C31H35F3N6O3/c1-5-43-26-17-21(40-15-13-39(14-16-40)19(2)41)10-12-24(26)38-29-35-18-22(31(32,33)34)23(37-29)11-9-20-7-6-8-25-27(20)30(3,4)28(42)36-25/h6-8,10,12,17-18H,5,9,11,13-16H2,1-4H3,(H,36,42)(H,35,37,38). The number of benzene rings is 2. The number of amides is 2. The van der Waals surface area contributed by atoms with E-state index in [2.05, 4.69) is 25.5 Å². The summed E-state index contributed by atoms with van der Waals surface area (Å²) >= 11 is 0. The first kappa shape index (κ1) is 30.1. The van der Waals surface area contributed by atoms with E-state index in [1.54, 1.807) is 43.9 Å². The fraction of sp³-hybridized carbons (Fsp3) is 0.419. The van der Waals surface area contributed by atoms with Gasteiger partial charge in [0.05, 0.1) is 29.0 Å². The van der Waals surface area contributed by atoms with E-state index in [0.717, 1.165) is 23.0 Å². The van der Waals surface area contributed by atoms with E-state index in [4.69, 9.17) is 4.74 Å². The minimum absolute atomic E-state index is 0.00371. The van der Waals surface area contributed by atoms with Crippen LogP contribution >= 0.6 is 0 Å². The molecule has 0 aliphatic carbocycles. The van der Waals surface area contributed by atoms with Crippen molar-refractivity contribution in [3.05, 3.63) is 65.0 Å². The van der Waals surface area contributed by atoms with Gasteiger partial charge in [-0.15, -0.1) is 0 Å². The highest BCUT2D eigenvalue weighted by atomic mass is 19.4. The molecule has 43 heavy (non-hydrogen) atoms. The van der Waals surface area contributed by atoms with Crippen LogP contribution in [0.3, 0.4) is 0 Å². The van der Waals surface area contributed by atoms with Crippen LogP contribution in [-0.4, -0.2) is 59.5 Å². The molecule has 0 radical (unpaired) electrons. The molecule has 0 saturated carbocycles. The number of hydrogen-bond donors (Lipinski definition) is 2.